The van der Waals surface area contributed by atoms with Crippen molar-refractivity contribution in [3.8, 4) is 29.7 Å². The van der Waals surface area contributed by atoms with Gasteiger partial charge in [-0.15, -0.1) is 0 Å². The number of benzene rings is 1. The first kappa shape index (κ1) is 19.1. The summed E-state index contributed by atoms with van der Waals surface area (Å²) >= 11 is 0. The summed E-state index contributed by atoms with van der Waals surface area (Å²) in [5.41, 5.74) is -3.21. The maximum absolute atomic E-state index is 10.3. The van der Waals surface area contributed by atoms with Crippen molar-refractivity contribution in [2.45, 2.75) is 37.6 Å². The Hall–Kier alpha value is -3.28. The van der Waals surface area contributed by atoms with Crippen molar-refractivity contribution < 1.29 is 18.9 Å². The zero-order valence-electron chi connectivity index (χ0n) is 16.2. The summed E-state index contributed by atoms with van der Waals surface area (Å²) in [4.78, 5) is 0. The van der Waals surface area contributed by atoms with Gasteiger partial charge in [0.05, 0.1) is 38.3 Å². The normalized spacial score (nSPS) is 34.0. The average molecular weight is 392 g/mol. The minimum absolute atomic E-state index is 0.387. The molecular formula is C21H20N4O4. The van der Waals surface area contributed by atoms with E-state index in [-0.39, 0.29) is 0 Å². The van der Waals surface area contributed by atoms with E-state index in [1.54, 1.807) is 18.2 Å². The first-order chi connectivity index (χ1) is 14.0. The highest BCUT2D eigenvalue weighted by Gasteiger charge is 2.80. The van der Waals surface area contributed by atoms with E-state index in [4.69, 9.17) is 24.4 Å². The molecule has 0 amide bonds. The van der Waals surface area contributed by atoms with Crippen molar-refractivity contribution in [1.82, 2.24) is 0 Å². The van der Waals surface area contributed by atoms with Gasteiger partial charge in [-0.25, -0.2) is 0 Å². The molecule has 3 heterocycles. The molecule has 1 N–H and O–H groups in total. The Bertz CT molecular complexity index is 989. The van der Waals surface area contributed by atoms with Crippen LogP contribution in [0.15, 0.2) is 18.2 Å². The Kier molecular flexibility index (Phi) is 4.19. The van der Waals surface area contributed by atoms with Gasteiger partial charge in [0.1, 0.15) is 17.6 Å². The summed E-state index contributed by atoms with van der Waals surface area (Å²) in [6.45, 7) is 0. The van der Waals surface area contributed by atoms with E-state index in [9.17, 15) is 15.8 Å². The number of rotatable bonds is 3. The van der Waals surface area contributed by atoms with Crippen LogP contribution in [0.25, 0.3) is 0 Å². The zero-order chi connectivity index (χ0) is 20.9. The summed E-state index contributed by atoms with van der Waals surface area (Å²) in [5, 5.41) is 39.3. The highest BCUT2D eigenvalue weighted by atomic mass is 16.7. The molecule has 8 nitrogen and oxygen atoms in total. The van der Waals surface area contributed by atoms with E-state index in [0.717, 1.165) is 12.8 Å². The largest absolute Gasteiger partial charge is 0.497 e. The minimum atomic E-state index is -1.91. The van der Waals surface area contributed by atoms with E-state index in [1.165, 1.54) is 14.2 Å². The maximum atomic E-state index is 10.3. The van der Waals surface area contributed by atoms with Crippen LogP contribution in [0.5, 0.6) is 11.5 Å². The molecular weight excluding hydrogens is 372 g/mol. The van der Waals surface area contributed by atoms with Crippen LogP contribution in [0.3, 0.4) is 0 Å². The number of nitrogens with zero attached hydrogens (tertiary/aromatic N) is 3. The first-order valence-electron chi connectivity index (χ1n) is 9.40. The fraction of sp³-hybridized carbons (Fsp3) is 0.524. The van der Waals surface area contributed by atoms with E-state index >= 15 is 0 Å². The Morgan fingerprint density at radius 1 is 1.10 bits per heavy atom. The summed E-state index contributed by atoms with van der Waals surface area (Å²) in [5.74, 6) is -1.36. The monoisotopic (exact) mass is 392 g/mol. The minimum Gasteiger partial charge on any atom is -0.497 e. The first-order valence-corrected chi connectivity index (χ1v) is 9.40. The van der Waals surface area contributed by atoms with Gasteiger partial charge in [-0.05, 0) is 25.0 Å². The summed E-state index contributed by atoms with van der Waals surface area (Å²) < 4.78 is 23.0. The van der Waals surface area contributed by atoms with E-state index in [1.807, 2.05) is 0 Å². The van der Waals surface area contributed by atoms with Gasteiger partial charge in [0.15, 0.2) is 10.8 Å². The highest BCUT2D eigenvalue weighted by Crippen LogP contribution is 2.69. The highest BCUT2D eigenvalue weighted by molar-refractivity contribution is 5.89. The Morgan fingerprint density at radius 3 is 2.48 bits per heavy atom. The van der Waals surface area contributed by atoms with E-state index < -0.39 is 34.5 Å². The number of hydrogen-bond acceptors (Lipinski definition) is 8. The molecule has 1 aromatic rings. The topological polar surface area (TPSA) is 132 Å². The third-order valence-electron chi connectivity index (χ3n) is 6.54. The lowest BCUT2D eigenvalue weighted by atomic mass is 9.48. The molecule has 4 fully saturated rings. The number of methoxy groups -OCH3 is 2. The molecule has 0 aromatic heterocycles. The SMILES string of the molecule is COc1ccc(C2OC34CCCCC3C(C#N)(C#N)C2(C#N)C(=N)O4)c(OC)c1. The van der Waals surface area contributed by atoms with Gasteiger partial charge in [-0.2, -0.15) is 15.8 Å². The second-order valence-corrected chi connectivity index (χ2v) is 7.60. The molecule has 4 aliphatic rings. The van der Waals surface area contributed by atoms with Gasteiger partial charge in [-0.1, -0.05) is 6.42 Å². The predicted octanol–water partition coefficient (Wildman–Crippen LogP) is 3.21. The van der Waals surface area contributed by atoms with E-state index in [0.29, 0.717) is 29.9 Å². The van der Waals surface area contributed by atoms with Crippen LogP contribution in [0.1, 0.15) is 37.4 Å². The van der Waals surface area contributed by atoms with Crippen molar-refractivity contribution >= 4 is 5.90 Å². The lowest BCUT2D eigenvalue weighted by Gasteiger charge is -2.63. The smallest absolute Gasteiger partial charge is 0.218 e. The molecule has 8 heteroatoms. The molecule has 5 rings (SSSR count). The fourth-order valence-corrected chi connectivity index (χ4v) is 5.16. The average Bonchev–Trinajstić information content (AvgIpc) is 2.76. The second-order valence-electron chi connectivity index (χ2n) is 7.60. The van der Waals surface area contributed by atoms with Gasteiger partial charge in [0.2, 0.25) is 11.7 Å². The molecule has 29 heavy (non-hydrogen) atoms. The van der Waals surface area contributed by atoms with Crippen LogP contribution in [-0.4, -0.2) is 25.9 Å². The Labute approximate surface area is 168 Å². The predicted molar refractivity (Wildman–Crippen MR) is 98.6 cm³/mol. The second kappa shape index (κ2) is 6.37. The lowest BCUT2D eigenvalue weighted by molar-refractivity contribution is -0.360. The quantitative estimate of drug-likeness (QED) is 0.835. The van der Waals surface area contributed by atoms with Crippen molar-refractivity contribution in [3.05, 3.63) is 23.8 Å². The fourth-order valence-electron chi connectivity index (χ4n) is 5.16. The summed E-state index contributed by atoms with van der Waals surface area (Å²) in [6, 6.07) is 11.4. The molecule has 0 radical (unpaired) electrons. The van der Waals surface area contributed by atoms with Gasteiger partial charge in [0.25, 0.3) is 0 Å². The van der Waals surface area contributed by atoms with Crippen LogP contribution in [-0.2, 0) is 9.47 Å². The van der Waals surface area contributed by atoms with Crippen molar-refractivity contribution in [2.75, 3.05) is 14.2 Å². The number of hydrogen-bond donors (Lipinski definition) is 1. The Morgan fingerprint density at radius 2 is 1.86 bits per heavy atom. The van der Waals surface area contributed by atoms with Crippen LogP contribution in [0.4, 0.5) is 0 Å². The molecule has 1 saturated carbocycles. The number of fused-ring (bicyclic) bond motifs is 2. The van der Waals surface area contributed by atoms with Crippen molar-refractivity contribution in [1.29, 1.82) is 21.2 Å². The van der Waals surface area contributed by atoms with Crippen LogP contribution < -0.4 is 9.47 Å². The number of nitriles is 3. The van der Waals surface area contributed by atoms with E-state index in [2.05, 4.69) is 18.2 Å². The molecule has 3 saturated heterocycles. The van der Waals surface area contributed by atoms with Crippen molar-refractivity contribution in [3.63, 3.8) is 0 Å². The van der Waals surface area contributed by atoms with Crippen LogP contribution >= 0.6 is 0 Å². The number of ether oxygens (including phenoxy) is 4. The van der Waals surface area contributed by atoms with Crippen LogP contribution in [0, 0.1) is 56.2 Å². The van der Waals surface area contributed by atoms with Crippen LogP contribution in [0.2, 0.25) is 0 Å². The third kappa shape index (κ3) is 2.11. The molecule has 4 unspecified atom stereocenters. The molecule has 1 aliphatic carbocycles. The number of nitrogens with one attached hydrogen (secondary N) is 1. The lowest BCUT2D eigenvalue weighted by Crippen LogP contribution is -2.73. The molecule has 1 aromatic carbocycles. The molecule has 148 valence electrons. The molecule has 2 bridgehead atoms. The maximum Gasteiger partial charge on any atom is 0.218 e. The Balaban J connectivity index is 2.01. The summed E-state index contributed by atoms with van der Waals surface area (Å²) in [7, 11) is 3.00. The molecule has 4 atom stereocenters. The third-order valence-corrected chi connectivity index (χ3v) is 6.54. The van der Waals surface area contributed by atoms with Gasteiger partial charge >= 0.3 is 0 Å². The standard InChI is InChI=1S/C21H20N4O4/c1-26-13-6-7-14(15(9-13)27-2)17-20(12-24)18(25)29-21(28-17)8-4-3-5-16(21)19(20,10-22)11-23/h6-7,9,16-17,25H,3-5,8H2,1-2H3. The zero-order valence-corrected chi connectivity index (χ0v) is 16.2. The van der Waals surface area contributed by atoms with Gasteiger partial charge in [-0.3, -0.25) is 5.41 Å². The van der Waals surface area contributed by atoms with Crippen molar-refractivity contribution in [2.24, 2.45) is 16.7 Å². The van der Waals surface area contributed by atoms with Gasteiger partial charge < -0.3 is 18.9 Å². The molecule has 3 aliphatic heterocycles. The summed E-state index contributed by atoms with van der Waals surface area (Å²) in [6.07, 6.45) is 1.48. The van der Waals surface area contributed by atoms with Gasteiger partial charge in [0, 0.05) is 18.1 Å². The molecule has 1 spiro atoms.